The van der Waals surface area contributed by atoms with Gasteiger partial charge in [-0.05, 0) is 67.6 Å². The third-order valence-electron chi connectivity index (χ3n) is 10.4. The first-order chi connectivity index (χ1) is 25.3. The molecule has 5 amide bonds. The highest BCUT2D eigenvalue weighted by atomic mass is 16.5. The summed E-state index contributed by atoms with van der Waals surface area (Å²) in [5.74, 6) is -0.807. The van der Waals surface area contributed by atoms with Gasteiger partial charge in [0.05, 0.1) is 17.6 Å². The van der Waals surface area contributed by atoms with E-state index in [1.165, 1.54) is 4.90 Å². The molecule has 12 nitrogen and oxygen atoms in total. The molecule has 12 heteroatoms. The highest BCUT2D eigenvalue weighted by molar-refractivity contribution is 6.37. The van der Waals surface area contributed by atoms with E-state index in [0.717, 1.165) is 18.4 Å². The van der Waals surface area contributed by atoms with Crippen LogP contribution in [0.5, 0.6) is 5.75 Å². The number of urea groups is 1. The number of nitrogens with zero attached hydrogens (tertiary/aromatic N) is 1. The van der Waals surface area contributed by atoms with Crippen LogP contribution in [0.3, 0.4) is 0 Å². The van der Waals surface area contributed by atoms with Crippen LogP contribution in [-0.2, 0) is 25.8 Å². The Morgan fingerprint density at radius 3 is 2.13 bits per heavy atom. The lowest BCUT2D eigenvalue weighted by atomic mass is 9.78. The maximum absolute atomic E-state index is 14.6. The summed E-state index contributed by atoms with van der Waals surface area (Å²) in [6.07, 6.45) is 8.12. The van der Waals surface area contributed by atoms with Crippen molar-refractivity contribution in [1.29, 1.82) is 0 Å². The molecule has 5 atom stereocenters. The summed E-state index contributed by atoms with van der Waals surface area (Å²) < 4.78 is 6.03. The summed E-state index contributed by atoms with van der Waals surface area (Å²) in [6, 6.07) is 11.4. The predicted molar refractivity (Wildman–Crippen MR) is 205 cm³/mol. The van der Waals surface area contributed by atoms with Crippen LogP contribution in [0.1, 0.15) is 90.1 Å². The molecule has 1 heterocycles. The number of benzene rings is 2. The smallest absolute Gasteiger partial charge is 0.316 e. The second kappa shape index (κ2) is 17.3. The minimum absolute atomic E-state index is 0.119. The summed E-state index contributed by atoms with van der Waals surface area (Å²) in [7, 11) is 0. The molecule has 0 aromatic heterocycles. The van der Waals surface area contributed by atoms with Crippen LogP contribution in [0.2, 0.25) is 0 Å². The van der Waals surface area contributed by atoms with Crippen LogP contribution >= 0.6 is 0 Å². The number of primary amides is 1. The van der Waals surface area contributed by atoms with Crippen molar-refractivity contribution < 1.29 is 33.5 Å². The number of likely N-dealkylation sites (tertiary alicyclic amines) is 1. The van der Waals surface area contributed by atoms with E-state index in [-0.39, 0.29) is 49.5 Å². The number of amides is 5. The highest BCUT2D eigenvalue weighted by Crippen LogP contribution is 2.39. The zero-order valence-electron chi connectivity index (χ0n) is 32.4. The third-order valence-corrected chi connectivity index (χ3v) is 10.4. The fourth-order valence-corrected chi connectivity index (χ4v) is 6.69. The van der Waals surface area contributed by atoms with E-state index >= 15 is 0 Å². The van der Waals surface area contributed by atoms with Gasteiger partial charge in [-0.25, -0.2) is 4.79 Å². The Kier molecular flexibility index (Phi) is 13.3. The number of rotatable bonds is 16. The fourth-order valence-electron chi connectivity index (χ4n) is 6.69. The quantitative estimate of drug-likeness (QED) is 0.112. The van der Waals surface area contributed by atoms with Crippen molar-refractivity contribution in [3.63, 3.8) is 0 Å². The standard InChI is InChI=1S/C42H55N5O7/c1-9-42(7,8)28-22-31(38(51)44-30(21-26-19-20-26)35(49)37(43)50)47(23-28)39(52)36(41(4,5)6)46-40(53)45-33(25(2)3)34(48)29-17-13-14-18-32(29)54-24-27-15-11-10-12-16-27/h1,10-18,25-26,28,30-31,33,36H,19-24H2,2-8H3,(H2,43,50)(H,44,51)(H2,45,46,53)/t28-,30?,31+,33+,36-/m1/s1. The minimum Gasteiger partial charge on any atom is -0.488 e. The number of carbonyl (C=O) groups is 6. The van der Waals surface area contributed by atoms with Crippen LogP contribution in [-0.4, -0.2) is 70.9 Å². The Hall–Kier alpha value is -5.18. The third kappa shape index (κ3) is 10.5. The van der Waals surface area contributed by atoms with E-state index in [1.807, 2.05) is 58.0 Å². The number of ether oxygens (including phenoxy) is 1. The minimum atomic E-state index is -1.14. The predicted octanol–water partition coefficient (Wildman–Crippen LogP) is 4.40. The summed E-state index contributed by atoms with van der Waals surface area (Å²) in [4.78, 5) is 82.2. The molecule has 0 radical (unpaired) electrons. The molecular weight excluding hydrogens is 686 g/mol. The first kappa shape index (κ1) is 41.6. The van der Waals surface area contributed by atoms with Gasteiger partial charge in [-0.2, -0.15) is 0 Å². The molecule has 4 rings (SSSR count). The van der Waals surface area contributed by atoms with Crippen molar-refractivity contribution >= 4 is 35.3 Å². The average Bonchev–Trinajstić information content (AvgIpc) is 3.83. The average molecular weight is 742 g/mol. The zero-order chi connectivity index (χ0) is 40.0. The van der Waals surface area contributed by atoms with Gasteiger partial charge in [0.2, 0.25) is 17.6 Å². The molecule has 1 aliphatic carbocycles. The molecule has 2 aromatic carbocycles. The van der Waals surface area contributed by atoms with Gasteiger partial charge in [0.1, 0.15) is 24.4 Å². The maximum atomic E-state index is 14.6. The van der Waals surface area contributed by atoms with Crippen molar-refractivity contribution in [2.75, 3.05) is 6.54 Å². The normalized spacial score (nSPS) is 18.8. The van der Waals surface area contributed by atoms with Crippen LogP contribution in [0.15, 0.2) is 54.6 Å². The van der Waals surface area contributed by atoms with E-state index in [2.05, 4.69) is 21.9 Å². The van der Waals surface area contributed by atoms with Crippen molar-refractivity contribution in [2.24, 2.45) is 34.3 Å². The molecule has 54 heavy (non-hydrogen) atoms. The zero-order valence-corrected chi connectivity index (χ0v) is 32.4. The number of Topliss-reactive ketones (excluding diaryl/α,β-unsaturated/α-hetero) is 2. The van der Waals surface area contributed by atoms with Gasteiger partial charge in [-0.1, -0.05) is 89.9 Å². The van der Waals surface area contributed by atoms with Gasteiger partial charge in [0, 0.05) is 12.0 Å². The first-order valence-electron chi connectivity index (χ1n) is 18.6. The second-order valence-corrected chi connectivity index (χ2v) is 16.5. The maximum Gasteiger partial charge on any atom is 0.316 e. The van der Waals surface area contributed by atoms with E-state index in [9.17, 15) is 28.8 Å². The largest absolute Gasteiger partial charge is 0.488 e. The van der Waals surface area contributed by atoms with Crippen molar-refractivity contribution in [1.82, 2.24) is 20.9 Å². The van der Waals surface area contributed by atoms with Crippen molar-refractivity contribution in [3.05, 3.63) is 65.7 Å². The molecule has 290 valence electrons. The molecule has 0 bridgehead atoms. The molecule has 0 spiro atoms. The molecule has 1 saturated carbocycles. The van der Waals surface area contributed by atoms with E-state index in [1.54, 1.807) is 45.0 Å². The molecule has 2 aromatic rings. The lowest BCUT2D eigenvalue weighted by Crippen LogP contribution is -2.61. The van der Waals surface area contributed by atoms with Crippen LogP contribution in [0, 0.1) is 40.9 Å². The van der Waals surface area contributed by atoms with Crippen LogP contribution in [0.25, 0.3) is 0 Å². The fraction of sp³-hybridized carbons (Fsp3) is 0.524. The van der Waals surface area contributed by atoms with Gasteiger partial charge >= 0.3 is 6.03 Å². The van der Waals surface area contributed by atoms with E-state index in [4.69, 9.17) is 16.9 Å². The molecule has 1 saturated heterocycles. The SMILES string of the molecule is C#CC(C)(C)[C@@H]1C[C@@H](C(=O)NC(CC2CC2)C(=O)C(N)=O)N(C(=O)[C@@H](NC(=O)N[C@H](C(=O)c2ccccc2OCc2ccccc2)C(C)C)C(C)(C)C)C1. The number of terminal acetylenes is 1. The Morgan fingerprint density at radius 2 is 1.56 bits per heavy atom. The summed E-state index contributed by atoms with van der Waals surface area (Å²) in [6.45, 7) is 13.0. The van der Waals surface area contributed by atoms with Gasteiger partial charge in [-0.15, -0.1) is 12.3 Å². The molecule has 2 aliphatic rings. The molecule has 1 aliphatic heterocycles. The lowest BCUT2D eigenvalue weighted by Gasteiger charge is -2.36. The summed E-state index contributed by atoms with van der Waals surface area (Å²) >= 11 is 0. The lowest BCUT2D eigenvalue weighted by molar-refractivity contribution is -0.143. The number of ketones is 2. The van der Waals surface area contributed by atoms with Crippen molar-refractivity contribution in [2.45, 2.75) is 105 Å². The first-order valence-corrected chi connectivity index (χ1v) is 18.6. The van der Waals surface area contributed by atoms with Crippen LogP contribution in [0.4, 0.5) is 4.79 Å². The van der Waals surface area contributed by atoms with Crippen LogP contribution < -0.4 is 26.4 Å². The molecule has 1 unspecified atom stereocenters. The molecule has 5 N–H and O–H groups in total. The monoisotopic (exact) mass is 741 g/mol. The highest BCUT2D eigenvalue weighted by Gasteiger charge is 2.49. The summed E-state index contributed by atoms with van der Waals surface area (Å²) in [5.41, 5.74) is 5.01. The Labute approximate surface area is 318 Å². The van der Waals surface area contributed by atoms with E-state index < -0.39 is 64.5 Å². The Bertz CT molecular complexity index is 1760. The van der Waals surface area contributed by atoms with E-state index in [0.29, 0.717) is 11.3 Å². The molecule has 2 fully saturated rings. The Morgan fingerprint density at radius 1 is 0.926 bits per heavy atom. The van der Waals surface area contributed by atoms with Gasteiger partial charge in [0.15, 0.2) is 5.78 Å². The number of nitrogens with one attached hydrogen (secondary N) is 3. The topological polar surface area (TPSA) is 177 Å². The second-order valence-electron chi connectivity index (χ2n) is 16.5. The van der Waals surface area contributed by atoms with Gasteiger partial charge < -0.3 is 31.3 Å². The Balaban J connectivity index is 1.55. The molecular formula is C42H55N5O7. The van der Waals surface area contributed by atoms with Gasteiger partial charge in [0.25, 0.3) is 5.91 Å². The number of nitrogens with two attached hydrogens (primary N) is 1. The number of hydrogen-bond acceptors (Lipinski definition) is 7. The number of carbonyl (C=O) groups excluding carboxylic acids is 6. The number of hydrogen-bond donors (Lipinski definition) is 4. The van der Waals surface area contributed by atoms with Gasteiger partial charge in [-0.3, -0.25) is 24.0 Å². The summed E-state index contributed by atoms with van der Waals surface area (Å²) in [5, 5.41) is 8.32. The number of para-hydroxylation sites is 1. The van der Waals surface area contributed by atoms with Crippen molar-refractivity contribution in [3.8, 4) is 18.1 Å².